The van der Waals surface area contributed by atoms with E-state index in [2.05, 4.69) is 0 Å². The smallest absolute Gasteiger partial charge is 0.0459 e. The summed E-state index contributed by atoms with van der Waals surface area (Å²) in [7, 11) is 0. The molecule has 1 nitrogen and oxygen atoms in total. The van der Waals surface area contributed by atoms with Crippen LogP contribution in [0.4, 0.5) is 0 Å². The third kappa shape index (κ3) is 8.65. The molecule has 17 heavy (non-hydrogen) atoms. The Morgan fingerprint density at radius 1 is 0.529 bits per heavy atom. The number of rotatable bonds is 1. The van der Waals surface area contributed by atoms with Crippen molar-refractivity contribution in [2.45, 2.75) is 89.9 Å². The van der Waals surface area contributed by atoms with Gasteiger partial charge in [0.15, 0.2) is 0 Å². The van der Waals surface area contributed by atoms with E-state index in [1.165, 1.54) is 89.9 Å². The number of aliphatic hydroxyl groups excluding tert-OH is 1. The van der Waals surface area contributed by atoms with Crippen molar-refractivity contribution in [2.24, 2.45) is 5.92 Å². The van der Waals surface area contributed by atoms with Gasteiger partial charge in [-0.2, -0.15) is 0 Å². The lowest BCUT2D eigenvalue weighted by atomic mass is 9.95. The van der Waals surface area contributed by atoms with Crippen molar-refractivity contribution in [3.05, 3.63) is 0 Å². The fourth-order valence-corrected chi connectivity index (χ4v) is 2.96. The van der Waals surface area contributed by atoms with Crippen LogP contribution in [-0.4, -0.2) is 11.7 Å². The van der Waals surface area contributed by atoms with Gasteiger partial charge in [0.05, 0.1) is 0 Å². The van der Waals surface area contributed by atoms with Gasteiger partial charge in [-0.1, -0.05) is 77.0 Å². The maximum Gasteiger partial charge on any atom is 0.0459 e. The second-order valence-corrected chi connectivity index (χ2v) is 5.87. The molecule has 0 aromatic rings. The average molecular weight is 240 g/mol. The number of aliphatic hydroxyl groups is 1. The highest BCUT2D eigenvalue weighted by molar-refractivity contribution is 4.60. The highest BCUT2D eigenvalue weighted by atomic mass is 16.3. The third-order valence-electron chi connectivity index (χ3n) is 4.23. The molecule has 102 valence electrons. The van der Waals surface area contributed by atoms with Crippen LogP contribution in [0.3, 0.4) is 0 Å². The van der Waals surface area contributed by atoms with Crippen LogP contribution in [0.1, 0.15) is 89.9 Å². The first-order chi connectivity index (χ1) is 8.43. The zero-order chi connectivity index (χ0) is 12.2. The Morgan fingerprint density at radius 3 is 1.12 bits per heavy atom. The van der Waals surface area contributed by atoms with Gasteiger partial charge in [-0.05, 0) is 18.8 Å². The van der Waals surface area contributed by atoms with Crippen LogP contribution in [0.5, 0.6) is 0 Å². The van der Waals surface area contributed by atoms with E-state index < -0.39 is 0 Å². The van der Waals surface area contributed by atoms with E-state index in [1.807, 2.05) is 0 Å². The Balaban J connectivity index is 2.16. The maximum atomic E-state index is 9.34. The first-order valence-corrected chi connectivity index (χ1v) is 8.04. The van der Waals surface area contributed by atoms with Gasteiger partial charge in [-0.15, -0.1) is 0 Å². The average Bonchev–Trinajstić information content (AvgIpc) is 2.36. The molecule has 1 aliphatic rings. The largest absolute Gasteiger partial charge is 0.396 e. The highest BCUT2D eigenvalue weighted by Gasteiger charge is 2.07. The van der Waals surface area contributed by atoms with Crippen LogP contribution >= 0.6 is 0 Å². The molecule has 1 saturated carbocycles. The Hall–Kier alpha value is -0.0400. The number of hydrogen-bond acceptors (Lipinski definition) is 1. The fourth-order valence-electron chi connectivity index (χ4n) is 2.96. The summed E-state index contributed by atoms with van der Waals surface area (Å²) in [5, 5.41) is 9.34. The van der Waals surface area contributed by atoms with E-state index in [0.717, 1.165) is 0 Å². The van der Waals surface area contributed by atoms with Crippen molar-refractivity contribution in [3.8, 4) is 0 Å². The molecule has 1 aliphatic carbocycles. The van der Waals surface area contributed by atoms with E-state index in [0.29, 0.717) is 12.5 Å². The minimum Gasteiger partial charge on any atom is -0.396 e. The first kappa shape index (κ1) is 15.0. The number of hydrogen-bond donors (Lipinski definition) is 1. The minimum atomic E-state index is 0.417. The van der Waals surface area contributed by atoms with Crippen LogP contribution in [0.15, 0.2) is 0 Å². The van der Waals surface area contributed by atoms with Crippen molar-refractivity contribution in [1.82, 2.24) is 0 Å². The molecule has 1 rings (SSSR count). The summed E-state index contributed by atoms with van der Waals surface area (Å²) in [6.45, 7) is 0.417. The van der Waals surface area contributed by atoms with Crippen molar-refractivity contribution in [3.63, 3.8) is 0 Å². The van der Waals surface area contributed by atoms with Crippen molar-refractivity contribution >= 4 is 0 Å². The second kappa shape index (κ2) is 11.1. The van der Waals surface area contributed by atoms with Crippen LogP contribution in [0.2, 0.25) is 0 Å². The molecule has 0 amide bonds. The summed E-state index contributed by atoms with van der Waals surface area (Å²) < 4.78 is 0. The molecule has 1 heteroatoms. The highest BCUT2D eigenvalue weighted by Crippen LogP contribution is 2.20. The fraction of sp³-hybridized carbons (Fsp3) is 1.00. The van der Waals surface area contributed by atoms with Gasteiger partial charge in [0.25, 0.3) is 0 Å². The van der Waals surface area contributed by atoms with Gasteiger partial charge >= 0.3 is 0 Å². The minimum absolute atomic E-state index is 0.417. The van der Waals surface area contributed by atoms with Gasteiger partial charge in [0, 0.05) is 6.61 Å². The monoisotopic (exact) mass is 240 g/mol. The van der Waals surface area contributed by atoms with Gasteiger partial charge in [0.1, 0.15) is 0 Å². The normalized spacial score (nSPS) is 23.8. The summed E-state index contributed by atoms with van der Waals surface area (Å²) in [5.74, 6) is 0.597. The van der Waals surface area contributed by atoms with Gasteiger partial charge in [0.2, 0.25) is 0 Å². The molecule has 0 bridgehead atoms. The molecule has 0 saturated heterocycles. The lowest BCUT2D eigenvalue weighted by molar-refractivity contribution is 0.204. The third-order valence-corrected chi connectivity index (χ3v) is 4.23. The first-order valence-electron chi connectivity index (χ1n) is 8.04. The summed E-state index contributed by atoms with van der Waals surface area (Å²) in [6.07, 6.45) is 19.5. The van der Waals surface area contributed by atoms with Crippen LogP contribution in [0, 0.1) is 5.92 Å². The Bertz CT molecular complexity index is 140. The lowest BCUT2D eigenvalue weighted by Gasteiger charge is -2.13. The molecule has 1 fully saturated rings. The molecule has 0 aliphatic heterocycles. The summed E-state index contributed by atoms with van der Waals surface area (Å²) in [5.41, 5.74) is 0. The molecular weight excluding hydrogens is 208 g/mol. The van der Waals surface area contributed by atoms with E-state index in [9.17, 15) is 5.11 Å². The molecule has 0 unspecified atom stereocenters. The maximum absolute atomic E-state index is 9.34. The molecule has 0 atom stereocenters. The summed E-state index contributed by atoms with van der Waals surface area (Å²) in [4.78, 5) is 0. The zero-order valence-corrected chi connectivity index (χ0v) is 11.6. The van der Waals surface area contributed by atoms with Crippen LogP contribution in [-0.2, 0) is 0 Å². The molecule has 0 aromatic heterocycles. The van der Waals surface area contributed by atoms with E-state index >= 15 is 0 Å². The van der Waals surface area contributed by atoms with Crippen LogP contribution in [0.25, 0.3) is 0 Å². The predicted octanol–water partition coefficient (Wildman–Crippen LogP) is 5.07. The van der Waals surface area contributed by atoms with Gasteiger partial charge in [-0.3, -0.25) is 0 Å². The van der Waals surface area contributed by atoms with E-state index in [1.54, 1.807) is 0 Å². The summed E-state index contributed by atoms with van der Waals surface area (Å²) in [6, 6.07) is 0. The Kier molecular flexibility index (Phi) is 9.78. The molecule has 0 heterocycles. The van der Waals surface area contributed by atoms with Crippen molar-refractivity contribution < 1.29 is 5.11 Å². The lowest BCUT2D eigenvalue weighted by Crippen LogP contribution is -2.06. The Labute approximate surface area is 108 Å². The molecule has 1 N–H and O–H groups in total. The molecule has 0 radical (unpaired) electrons. The Morgan fingerprint density at radius 2 is 0.824 bits per heavy atom. The van der Waals surface area contributed by atoms with E-state index in [4.69, 9.17) is 0 Å². The molecule has 0 aromatic carbocycles. The quantitative estimate of drug-likeness (QED) is 0.678. The summed E-state index contributed by atoms with van der Waals surface area (Å²) >= 11 is 0. The zero-order valence-electron chi connectivity index (χ0n) is 11.6. The second-order valence-electron chi connectivity index (χ2n) is 5.87. The predicted molar refractivity (Wildman–Crippen MR) is 75.2 cm³/mol. The SMILES string of the molecule is OCC1CCCCCCCCCCCCCC1. The van der Waals surface area contributed by atoms with Crippen molar-refractivity contribution in [1.29, 1.82) is 0 Å². The molecular formula is C16H32O. The topological polar surface area (TPSA) is 20.2 Å². The van der Waals surface area contributed by atoms with Crippen molar-refractivity contribution in [2.75, 3.05) is 6.61 Å². The molecule has 0 spiro atoms. The van der Waals surface area contributed by atoms with E-state index in [-0.39, 0.29) is 0 Å². The van der Waals surface area contributed by atoms with Crippen LogP contribution < -0.4 is 0 Å². The standard InChI is InChI=1S/C16H32O/c17-15-16-13-11-9-7-5-3-1-2-4-6-8-10-12-14-16/h16-17H,1-15H2. The van der Waals surface area contributed by atoms with Gasteiger partial charge < -0.3 is 5.11 Å². The van der Waals surface area contributed by atoms with Gasteiger partial charge in [-0.25, -0.2) is 0 Å².